The minimum absolute atomic E-state index is 0.158. The predicted molar refractivity (Wildman–Crippen MR) is 88.2 cm³/mol. The molecule has 0 saturated carbocycles. The Hall–Kier alpha value is -2.35. The van der Waals surface area contributed by atoms with Crippen molar-refractivity contribution in [1.29, 1.82) is 0 Å². The lowest BCUT2D eigenvalue weighted by Gasteiger charge is -2.27. The number of hydrogen-bond donors (Lipinski definition) is 0. The van der Waals surface area contributed by atoms with Crippen LogP contribution >= 0.6 is 0 Å². The van der Waals surface area contributed by atoms with Gasteiger partial charge in [-0.2, -0.15) is 8.78 Å². The summed E-state index contributed by atoms with van der Waals surface area (Å²) in [5, 5.41) is -4.13. The molecule has 5 nitrogen and oxygen atoms in total. The predicted octanol–water partition coefficient (Wildman–Crippen LogP) is 2.77. The lowest BCUT2D eigenvalue weighted by atomic mass is 9.84. The van der Waals surface area contributed by atoms with Gasteiger partial charge in [-0.3, -0.25) is 9.78 Å². The number of hydrogen-bond acceptors (Lipinski definition) is 4. The summed E-state index contributed by atoms with van der Waals surface area (Å²) in [6.07, 6.45) is 0.220. The molecular formula is C17H16F2N2O3S. The molecule has 1 amide bonds. The zero-order chi connectivity index (χ0) is 18.5. The molecule has 0 saturated heterocycles. The molecule has 8 heteroatoms. The van der Waals surface area contributed by atoms with Gasteiger partial charge < -0.3 is 4.90 Å². The molecule has 1 aromatic carbocycles. The van der Waals surface area contributed by atoms with Gasteiger partial charge in [-0.1, -0.05) is 18.2 Å². The van der Waals surface area contributed by atoms with Gasteiger partial charge in [0.15, 0.2) is 0 Å². The molecular weight excluding hydrogens is 350 g/mol. The van der Waals surface area contributed by atoms with Gasteiger partial charge >= 0.3 is 5.25 Å². The number of pyridine rings is 1. The first-order valence-electron chi connectivity index (χ1n) is 7.52. The van der Waals surface area contributed by atoms with Crippen molar-refractivity contribution in [3.8, 4) is 0 Å². The average Bonchev–Trinajstić information content (AvgIpc) is 2.77. The van der Waals surface area contributed by atoms with E-state index in [2.05, 4.69) is 4.98 Å². The number of aromatic nitrogens is 1. The highest BCUT2D eigenvalue weighted by atomic mass is 32.2. The third kappa shape index (κ3) is 2.52. The number of alkyl halides is 2. The topological polar surface area (TPSA) is 67.3 Å². The van der Waals surface area contributed by atoms with Gasteiger partial charge in [-0.25, -0.2) is 8.42 Å². The van der Waals surface area contributed by atoms with E-state index in [1.807, 2.05) is 0 Å². The number of likely N-dealkylation sites (N-methyl/N-ethyl adjacent to an activating group) is 1. The van der Waals surface area contributed by atoms with Crippen molar-refractivity contribution in [3.63, 3.8) is 0 Å². The second-order valence-electron chi connectivity index (χ2n) is 6.20. The lowest BCUT2D eigenvalue weighted by Crippen LogP contribution is -2.43. The number of carbonyl (C=O) groups is 1. The largest absolute Gasteiger partial charge is 0.351 e. The Kier molecular flexibility index (Phi) is 3.90. The van der Waals surface area contributed by atoms with E-state index in [1.54, 1.807) is 12.1 Å². The number of carbonyl (C=O) groups excluding carboxylic acids is 1. The molecule has 2 aromatic rings. The second kappa shape index (κ2) is 5.59. The van der Waals surface area contributed by atoms with E-state index >= 15 is 0 Å². The van der Waals surface area contributed by atoms with Crippen LogP contribution in [-0.2, 0) is 20.0 Å². The minimum Gasteiger partial charge on any atom is -0.313 e. The molecule has 0 bridgehead atoms. The van der Waals surface area contributed by atoms with Crippen LogP contribution < -0.4 is 4.90 Å². The number of amides is 1. The summed E-state index contributed by atoms with van der Waals surface area (Å²) in [5.74, 6) is -0.607. The van der Waals surface area contributed by atoms with Crippen LogP contribution in [0.15, 0.2) is 53.6 Å². The monoisotopic (exact) mass is 366 g/mol. The Morgan fingerprint density at radius 2 is 1.80 bits per heavy atom. The van der Waals surface area contributed by atoms with Gasteiger partial charge in [-0.15, -0.1) is 0 Å². The second-order valence-corrected chi connectivity index (χ2v) is 8.27. The smallest absolute Gasteiger partial charge is 0.313 e. The first-order valence-corrected chi connectivity index (χ1v) is 9.01. The number of benzene rings is 1. The quantitative estimate of drug-likeness (QED) is 0.835. The third-order valence-electron chi connectivity index (χ3n) is 4.45. The van der Waals surface area contributed by atoms with E-state index in [9.17, 15) is 22.0 Å². The van der Waals surface area contributed by atoms with Crippen LogP contribution in [0, 0.1) is 0 Å². The van der Waals surface area contributed by atoms with Crippen LogP contribution in [-0.4, -0.2) is 31.6 Å². The fraction of sp³-hybridized carbons (Fsp3) is 0.294. The summed E-state index contributed by atoms with van der Waals surface area (Å²) in [5.41, 5.74) is -1.16. The van der Waals surface area contributed by atoms with E-state index < -0.39 is 37.7 Å². The Balaban J connectivity index is 2.05. The fourth-order valence-corrected chi connectivity index (χ4v) is 4.45. The zero-order valence-electron chi connectivity index (χ0n) is 13.6. The van der Waals surface area contributed by atoms with E-state index in [4.69, 9.17) is 0 Å². The molecule has 1 aliphatic heterocycles. The number of rotatable bonds is 4. The number of sulfone groups is 1. The summed E-state index contributed by atoms with van der Waals surface area (Å²) in [6.45, 7) is 1.30. The molecule has 0 spiro atoms. The first kappa shape index (κ1) is 17.5. The molecule has 1 unspecified atom stereocenters. The maximum atomic E-state index is 14.8. The van der Waals surface area contributed by atoms with E-state index in [1.165, 1.54) is 43.3 Å². The van der Waals surface area contributed by atoms with E-state index in [-0.39, 0.29) is 5.69 Å². The zero-order valence-corrected chi connectivity index (χ0v) is 14.4. The highest BCUT2D eigenvalue weighted by Gasteiger charge is 2.57. The van der Waals surface area contributed by atoms with Gasteiger partial charge in [0.1, 0.15) is 0 Å². The van der Waals surface area contributed by atoms with Crippen LogP contribution in [0.4, 0.5) is 14.5 Å². The van der Waals surface area contributed by atoms with Gasteiger partial charge in [0, 0.05) is 19.7 Å². The Bertz CT molecular complexity index is 932. The summed E-state index contributed by atoms with van der Waals surface area (Å²) < 4.78 is 54.4. The summed E-state index contributed by atoms with van der Waals surface area (Å²) in [6, 6.07) is 9.68. The van der Waals surface area contributed by atoms with Crippen LogP contribution in [0.25, 0.3) is 0 Å². The van der Waals surface area contributed by atoms with E-state index in [0.29, 0.717) is 5.69 Å². The molecule has 132 valence electrons. The van der Waals surface area contributed by atoms with Crippen molar-refractivity contribution in [1.82, 2.24) is 4.98 Å². The van der Waals surface area contributed by atoms with Gasteiger partial charge in [0.2, 0.25) is 15.7 Å². The molecule has 3 rings (SSSR count). The molecule has 0 radical (unpaired) electrons. The number of anilines is 1. The summed E-state index contributed by atoms with van der Waals surface area (Å²) >= 11 is 0. The Morgan fingerprint density at radius 1 is 1.16 bits per heavy atom. The number of fused-ring (bicyclic) bond motifs is 1. The number of halogens is 2. The van der Waals surface area contributed by atoms with Crippen molar-refractivity contribution >= 4 is 21.4 Å². The Morgan fingerprint density at radius 3 is 2.44 bits per heavy atom. The fourth-order valence-electron chi connectivity index (χ4n) is 3.11. The Labute approximate surface area is 144 Å². The molecule has 25 heavy (non-hydrogen) atoms. The average molecular weight is 366 g/mol. The first-order chi connectivity index (χ1) is 11.6. The van der Waals surface area contributed by atoms with Crippen LogP contribution in [0.5, 0.6) is 0 Å². The van der Waals surface area contributed by atoms with Crippen molar-refractivity contribution in [2.24, 2.45) is 0 Å². The maximum absolute atomic E-state index is 14.8. The molecule has 1 aliphatic rings. The highest BCUT2D eigenvalue weighted by molar-refractivity contribution is 7.92. The number of nitrogens with zero attached hydrogens (tertiary/aromatic N) is 2. The molecule has 0 N–H and O–H groups in total. The van der Waals surface area contributed by atoms with Crippen molar-refractivity contribution in [3.05, 3.63) is 54.4 Å². The van der Waals surface area contributed by atoms with Crippen LogP contribution in [0.1, 0.15) is 19.0 Å². The van der Waals surface area contributed by atoms with Crippen molar-refractivity contribution in [2.75, 3.05) is 11.9 Å². The maximum Gasteiger partial charge on any atom is 0.351 e. The third-order valence-corrected chi connectivity index (χ3v) is 6.28. The normalized spacial score (nSPS) is 20.6. The SMILES string of the molecule is CN1C(=O)C(C)(CC(F)(F)S(=O)(=O)c2ccccc2)c2ncccc21. The standard InChI is InChI=1S/C17H16F2N2O3S/c1-16(14-13(9-6-10-20-14)21(2)15(16)22)11-17(18,19)25(23,24)12-7-4-3-5-8-12/h3-10H,11H2,1-2H3. The molecule has 0 fully saturated rings. The molecule has 1 aromatic heterocycles. The van der Waals surface area contributed by atoms with E-state index in [0.717, 1.165) is 12.1 Å². The van der Waals surface area contributed by atoms with Crippen molar-refractivity contribution < 1.29 is 22.0 Å². The van der Waals surface area contributed by atoms with Gasteiger partial charge in [0.05, 0.1) is 21.7 Å². The molecule has 1 atom stereocenters. The lowest BCUT2D eigenvalue weighted by molar-refractivity contribution is -0.124. The minimum atomic E-state index is -4.94. The highest BCUT2D eigenvalue weighted by Crippen LogP contribution is 2.47. The summed E-state index contributed by atoms with van der Waals surface area (Å²) in [4.78, 5) is 17.4. The van der Waals surface area contributed by atoms with Crippen LogP contribution in [0.2, 0.25) is 0 Å². The van der Waals surface area contributed by atoms with Crippen LogP contribution in [0.3, 0.4) is 0 Å². The van der Waals surface area contributed by atoms with Gasteiger partial charge in [0.25, 0.3) is 0 Å². The van der Waals surface area contributed by atoms with Crippen molar-refractivity contribution in [2.45, 2.75) is 28.9 Å². The molecule has 2 heterocycles. The summed E-state index contributed by atoms with van der Waals surface area (Å²) in [7, 11) is -3.48. The molecule has 0 aliphatic carbocycles. The van der Waals surface area contributed by atoms with Gasteiger partial charge in [-0.05, 0) is 31.2 Å².